The standard InChI is InChI=1S/C15H24OS/c1-11(2)6-5-8-13(16)15-10-12-7-3-4-9-14(12)17-15/h10-11,13,16H,3-9H2,1-2H3. The first-order valence-corrected chi connectivity index (χ1v) is 7.78. The minimum absolute atomic E-state index is 0.218. The second-order valence-corrected chi connectivity index (χ2v) is 6.81. The van der Waals surface area contributed by atoms with Crippen LogP contribution in [0.15, 0.2) is 6.07 Å². The molecule has 0 saturated carbocycles. The summed E-state index contributed by atoms with van der Waals surface area (Å²) in [4.78, 5) is 2.75. The molecule has 0 aliphatic heterocycles. The van der Waals surface area contributed by atoms with Gasteiger partial charge in [-0.15, -0.1) is 11.3 Å². The van der Waals surface area contributed by atoms with E-state index in [-0.39, 0.29) is 6.10 Å². The molecule has 17 heavy (non-hydrogen) atoms. The van der Waals surface area contributed by atoms with Crippen LogP contribution in [0.25, 0.3) is 0 Å². The summed E-state index contributed by atoms with van der Waals surface area (Å²) >= 11 is 1.85. The van der Waals surface area contributed by atoms with Gasteiger partial charge in [-0.3, -0.25) is 0 Å². The van der Waals surface area contributed by atoms with Crippen molar-refractivity contribution in [3.63, 3.8) is 0 Å². The van der Waals surface area contributed by atoms with Crippen molar-refractivity contribution in [2.75, 3.05) is 0 Å². The molecule has 0 bridgehead atoms. The van der Waals surface area contributed by atoms with Crippen molar-refractivity contribution in [2.24, 2.45) is 5.92 Å². The van der Waals surface area contributed by atoms with Crippen LogP contribution < -0.4 is 0 Å². The number of rotatable bonds is 5. The van der Waals surface area contributed by atoms with E-state index in [4.69, 9.17) is 0 Å². The van der Waals surface area contributed by atoms with Gasteiger partial charge < -0.3 is 5.11 Å². The molecule has 1 aromatic rings. The van der Waals surface area contributed by atoms with Crippen molar-refractivity contribution in [1.82, 2.24) is 0 Å². The molecular weight excluding hydrogens is 228 g/mol. The normalized spacial score (nSPS) is 17.2. The number of aliphatic hydroxyl groups excluding tert-OH is 1. The Kier molecular flexibility index (Phi) is 4.63. The van der Waals surface area contributed by atoms with Crippen LogP contribution in [0.2, 0.25) is 0 Å². The fourth-order valence-electron chi connectivity index (χ4n) is 2.54. The summed E-state index contributed by atoms with van der Waals surface area (Å²) in [5.74, 6) is 0.749. The number of aliphatic hydroxyl groups is 1. The van der Waals surface area contributed by atoms with Crippen LogP contribution in [0.5, 0.6) is 0 Å². The monoisotopic (exact) mass is 252 g/mol. The molecule has 0 fully saturated rings. The van der Waals surface area contributed by atoms with E-state index >= 15 is 0 Å². The van der Waals surface area contributed by atoms with E-state index in [1.165, 1.54) is 47.4 Å². The lowest BCUT2D eigenvalue weighted by Crippen LogP contribution is -1.97. The Hall–Kier alpha value is -0.340. The van der Waals surface area contributed by atoms with Gasteiger partial charge in [0, 0.05) is 9.75 Å². The highest BCUT2D eigenvalue weighted by atomic mass is 32.1. The van der Waals surface area contributed by atoms with Gasteiger partial charge in [-0.05, 0) is 49.7 Å². The predicted molar refractivity (Wildman–Crippen MR) is 74.6 cm³/mol. The van der Waals surface area contributed by atoms with E-state index < -0.39 is 0 Å². The smallest absolute Gasteiger partial charge is 0.0882 e. The minimum atomic E-state index is -0.218. The average molecular weight is 252 g/mol. The summed E-state index contributed by atoms with van der Waals surface area (Å²) < 4.78 is 0. The number of thiophene rings is 1. The molecule has 1 unspecified atom stereocenters. The zero-order valence-corrected chi connectivity index (χ0v) is 11.9. The van der Waals surface area contributed by atoms with Crippen LogP contribution in [0.1, 0.15) is 67.4 Å². The number of aryl methyl sites for hydroxylation is 2. The van der Waals surface area contributed by atoms with Crippen LogP contribution in [-0.4, -0.2) is 5.11 Å². The lowest BCUT2D eigenvalue weighted by molar-refractivity contribution is 0.165. The number of fused-ring (bicyclic) bond motifs is 1. The van der Waals surface area contributed by atoms with Crippen molar-refractivity contribution in [2.45, 2.75) is 64.9 Å². The largest absolute Gasteiger partial charge is 0.388 e. The molecule has 1 N–H and O–H groups in total. The summed E-state index contributed by atoms with van der Waals surface area (Å²) in [5, 5.41) is 10.2. The number of hydrogen-bond acceptors (Lipinski definition) is 2. The minimum Gasteiger partial charge on any atom is -0.388 e. The van der Waals surface area contributed by atoms with E-state index in [2.05, 4.69) is 19.9 Å². The molecule has 1 atom stereocenters. The first kappa shape index (κ1) is 13.1. The summed E-state index contributed by atoms with van der Waals surface area (Å²) in [6.07, 6.45) is 8.19. The lowest BCUT2D eigenvalue weighted by Gasteiger charge is -2.09. The van der Waals surface area contributed by atoms with Gasteiger partial charge in [0.05, 0.1) is 6.10 Å². The molecular formula is C15H24OS. The molecule has 2 heteroatoms. The topological polar surface area (TPSA) is 20.2 Å². The van der Waals surface area contributed by atoms with Crippen molar-refractivity contribution in [1.29, 1.82) is 0 Å². The quantitative estimate of drug-likeness (QED) is 0.819. The maximum atomic E-state index is 10.2. The summed E-state index contributed by atoms with van der Waals surface area (Å²) in [5.41, 5.74) is 1.51. The van der Waals surface area contributed by atoms with E-state index in [1.807, 2.05) is 11.3 Å². The Balaban J connectivity index is 1.90. The van der Waals surface area contributed by atoms with Gasteiger partial charge in [0.25, 0.3) is 0 Å². The van der Waals surface area contributed by atoms with Crippen molar-refractivity contribution in [3.05, 3.63) is 21.4 Å². The first-order chi connectivity index (χ1) is 8.16. The predicted octanol–water partition coefficient (Wildman–Crippen LogP) is 4.49. The van der Waals surface area contributed by atoms with Crippen molar-refractivity contribution in [3.8, 4) is 0 Å². The van der Waals surface area contributed by atoms with Gasteiger partial charge in [0.1, 0.15) is 0 Å². The molecule has 1 aromatic heterocycles. The zero-order valence-electron chi connectivity index (χ0n) is 11.0. The SMILES string of the molecule is CC(C)CCCC(O)c1cc2c(s1)CCCC2. The van der Waals surface area contributed by atoms with Gasteiger partial charge in [0.2, 0.25) is 0 Å². The van der Waals surface area contributed by atoms with E-state index in [1.54, 1.807) is 0 Å². The van der Waals surface area contributed by atoms with Crippen LogP contribution in [-0.2, 0) is 12.8 Å². The maximum absolute atomic E-state index is 10.2. The Morgan fingerprint density at radius 2 is 2.00 bits per heavy atom. The molecule has 1 nitrogen and oxygen atoms in total. The summed E-state index contributed by atoms with van der Waals surface area (Å²) in [6.45, 7) is 4.49. The molecule has 1 heterocycles. The van der Waals surface area contributed by atoms with Gasteiger partial charge >= 0.3 is 0 Å². The highest BCUT2D eigenvalue weighted by Gasteiger charge is 2.17. The molecule has 96 valence electrons. The fraction of sp³-hybridized carbons (Fsp3) is 0.733. The van der Waals surface area contributed by atoms with Crippen LogP contribution in [0.3, 0.4) is 0 Å². The number of hydrogen-bond donors (Lipinski definition) is 1. The molecule has 0 spiro atoms. The zero-order chi connectivity index (χ0) is 12.3. The van der Waals surface area contributed by atoms with Crippen molar-refractivity contribution < 1.29 is 5.11 Å². The third kappa shape index (κ3) is 3.56. The van der Waals surface area contributed by atoms with Gasteiger partial charge in [-0.2, -0.15) is 0 Å². The molecule has 1 aliphatic rings. The van der Waals surface area contributed by atoms with Crippen LogP contribution in [0.4, 0.5) is 0 Å². The van der Waals surface area contributed by atoms with Crippen LogP contribution >= 0.6 is 11.3 Å². The molecule has 0 saturated heterocycles. The molecule has 2 rings (SSSR count). The summed E-state index contributed by atoms with van der Waals surface area (Å²) in [6, 6.07) is 2.26. The second kappa shape index (κ2) is 6.01. The Bertz CT molecular complexity index is 330. The highest BCUT2D eigenvalue weighted by Crippen LogP contribution is 2.34. The average Bonchev–Trinajstić information content (AvgIpc) is 2.71. The fourth-order valence-corrected chi connectivity index (χ4v) is 3.82. The highest BCUT2D eigenvalue weighted by molar-refractivity contribution is 7.12. The van der Waals surface area contributed by atoms with Gasteiger partial charge in [-0.25, -0.2) is 0 Å². The Morgan fingerprint density at radius 3 is 2.71 bits per heavy atom. The Labute approximate surface area is 109 Å². The Morgan fingerprint density at radius 1 is 1.24 bits per heavy atom. The maximum Gasteiger partial charge on any atom is 0.0882 e. The lowest BCUT2D eigenvalue weighted by atomic mass is 9.98. The molecule has 0 radical (unpaired) electrons. The van der Waals surface area contributed by atoms with E-state index in [9.17, 15) is 5.11 Å². The van der Waals surface area contributed by atoms with Crippen LogP contribution in [0, 0.1) is 5.92 Å². The molecule has 0 amide bonds. The summed E-state index contributed by atoms with van der Waals surface area (Å²) in [7, 11) is 0. The molecule has 1 aliphatic carbocycles. The van der Waals surface area contributed by atoms with Gasteiger partial charge in [0.15, 0.2) is 0 Å². The van der Waals surface area contributed by atoms with Gasteiger partial charge in [-0.1, -0.05) is 26.7 Å². The second-order valence-electron chi connectivity index (χ2n) is 5.64. The van der Waals surface area contributed by atoms with E-state index in [0.717, 1.165) is 18.8 Å². The third-order valence-corrected chi connectivity index (χ3v) is 4.94. The van der Waals surface area contributed by atoms with E-state index in [0.29, 0.717) is 0 Å². The third-order valence-electron chi connectivity index (χ3n) is 3.60. The molecule has 0 aromatic carbocycles. The van der Waals surface area contributed by atoms with Crippen molar-refractivity contribution >= 4 is 11.3 Å². The first-order valence-electron chi connectivity index (χ1n) is 6.96.